The third-order valence-electron chi connectivity index (χ3n) is 11.5. The van der Waals surface area contributed by atoms with Crippen LogP contribution in [0.25, 0.3) is 83.2 Å². The molecular weight excluding hydrogens is 983 g/mol. The molecule has 3 heterocycles. The van der Waals surface area contributed by atoms with Gasteiger partial charge in [-0.3, -0.25) is 4.98 Å². The SMILES string of the molecule is CC(C)c1cccc(C(C)C)c1-n1c(-c2[c-]ccc3c2oc2ccc(-c4ccccc4)cc23)nc2ccc3ccccc3c21.[CH3][Ge]([CH3])([CH3])[c]1ccc(-c2[c-]cccc2)nc1.[Ir]. The van der Waals surface area contributed by atoms with Gasteiger partial charge in [-0.05, 0) is 57.7 Å². The first-order valence-electron chi connectivity index (χ1n) is 21.0. The van der Waals surface area contributed by atoms with Gasteiger partial charge in [0.1, 0.15) is 5.58 Å². The Morgan fingerprint density at radius 3 is 2.05 bits per heavy atom. The Bertz CT molecular complexity index is 3100. The average molecular weight is 1030 g/mol. The Balaban J connectivity index is 0.000000255. The number of hydrogen-bond donors (Lipinski definition) is 0. The molecule has 10 aromatic rings. The summed E-state index contributed by atoms with van der Waals surface area (Å²) in [6, 6.07) is 59.8. The number of aromatic nitrogens is 3. The predicted octanol–water partition coefficient (Wildman–Crippen LogP) is 14.6. The number of benzene rings is 7. The Morgan fingerprint density at radius 1 is 0.623 bits per heavy atom. The summed E-state index contributed by atoms with van der Waals surface area (Å²) < 4.78 is 10.5. The van der Waals surface area contributed by atoms with Crippen molar-refractivity contribution in [2.75, 3.05) is 0 Å². The van der Waals surface area contributed by atoms with Crippen LogP contribution in [0.3, 0.4) is 0 Å². The molecular formula is C55H49GeIrN3O-2. The molecule has 0 aliphatic carbocycles. The van der Waals surface area contributed by atoms with Crippen LogP contribution in [-0.4, -0.2) is 27.8 Å². The minimum atomic E-state index is -1.72. The monoisotopic (exact) mass is 1030 g/mol. The van der Waals surface area contributed by atoms with Crippen LogP contribution >= 0.6 is 0 Å². The molecule has 7 aromatic carbocycles. The van der Waals surface area contributed by atoms with Crippen LogP contribution in [0.2, 0.25) is 17.3 Å². The fraction of sp³-hybridized carbons (Fsp3) is 0.164. The molecule has 61 heavy (non-hydrogen) atoms. The summed E-state index contributed by atoms with van der Waals surface area (Å²) in [6.07, 6.45) is 2.04. The fourth-order valence-electron chi connectivity index (χ4n) is 8.26. The maximum absolute atomic E-state index is 6.67. The first kappa shape index (κ1) is 42.1. The third-order valence-corrected chi connectivity index (χ3v) is 15.7. The first-order chi connectivity index (χ1) is 29.1. The van der Waals surface area contributed by atoms with E-state index in [0.717, 1.165) is 55.6 Å². The molecule has 0 aliphatic heterocycles. The minimum absolute atomic E-state index is 0. The minimum Gasteiger partial charge on any atom is 0 e. The second kappa shape index (κ2) is 17.4. The van der Waals surface area contributed by atoms with Crippen molar-refractivity contribution in [3.63, 3.8) is 0 Å². The number of fused-ring (bicyclic) bond motifs is 6. The van der Waals surface area contributed by atoms with Gasteiger partial charge in [-0.1, -0.05) is 124 Å². The van der Waals surface area contributed by atoms with E-state index in [-0.39, 0.29) is 20.1 Å². The van der Waals surface area contributed by atoms with E-state index in [4.69, 9.17) is 9.40 Å². The van der Waals surface area contributed by atoms with Crippen molar-refractivity contribution in [3.05, 3.63) is 181 Å². The molecule has 10 rings (SSSR count). The van der Waals surface area contributed by atoms with Crippen molar-refractivity contribution in [1.82, 2.24) is 14.5 Å². The van der Waals surface area contributed by atoms with Gasteiger partial charge in [0.05, 0.1) is 22.4 Å². The summed E-state index contributed by atoms with van der Waals surface area (Å²) in [6.45, 7) is 9.10. The molecule has 6 heteroatoms. The number of hydrogen-bond acceptors (Lipinski definition) is 3. The molecule has 305 valence electrons. The maximum atomic E-state index is 6.67. The number of furan rings is 1. The van der Waals surface area contributed by atoms with E-state index in [0.29, 0.717) is 11.8 Å². The Kier molecular flexibility index (Phi) is 12.0. The average Bonchev–Trinajstić information content (AvgIpc) is 3.85. The van der Waals surface area contributed by atoms with Crippen LogP contribution in [0.1, 0.15) is 50.7 Å². The number of rotatable bonds is 7. The number of para-hydroxylation sites is 1. The fourth-order valence-corrected chi connectivity index (χ4v) is 10.4. The number of nitrogens with zero attached hydrogens (tertiary/aromatic N) is 3. The van der Waals surface area contributed by atoms with Crippen LogP contribution in [0, 0.1) is 12.1 Å². The van der Waals surface area contributed by atoms with Crippen LogP contribution in [0.15, 0.2) is 162 Å². The van der Waals surface area contributed by atoms with E-state index in [9.17, 15) is 0 Å². The van der Waals surface area contributed by atoms with Crippen LogP contribution in [0.5, 0.6) is 0 Å². The third kappa shape index (κ3) is 8.15. The molecule has 0 amide bonds. The van der Waals surface area contributed by atoms with E-state index in [1.165, 1.54) is 43.1 Å². The molecule has 0 aliphatic rings. The summed E-state index contributed by atoms with van der Waals surface area (Å²) in [5, 5.41) is 4.54. The van der Waals surface area contributed by atoms with Gasteiger partial charge in [-0.25, -0.2) is 0 Å². The van der Waals surface area contributed by atoms with E-state index >= 15 is 0 Å². The molecule has 0 saturated heterocycles. The van der Waals surface area contributed by atoms with Gasteiger partial charge in [-0.15, -0.1) is 18.2 Å². The standard InChI is InChI=1S/C41H33N2O.C14H16GeN.Ir/c1-25(2)30-16-10-17-31(26(3)4)38(30)43-39-32-15-9-8-14-28(32)20-22-36(39)42-41(43)34-19-11-18-33-35-24-29(27-12-6-5-7-13-27)21-23-37(35)44-40(33)34;1-15(2,3)13-9-10-14(16-11-13)12-7-5-4-6-8-12;/h5-18,20-26H,1-4H3;4-7,9-11H,1-3H3;/q2*-1;. The van der Waals surface area contributed by atoms with E-state index in [1.54, 1.807) is 0 Å². The first-order valence-corrected chi connectivity index (χ1v) is 28.3. The quantitative estimate of drug-likeness (QED) is 0.118. The van der Waals surface area contributed by atoms with Crippen molar-refractivity contribution in [3.8, 4) is 39.5 Å². The predicted molar refractivity (Wildman–Crippen MR) is 255 cm³/mol. The molecule has 0 N–H and O–H groups in total. The topological polar surface area (TPSA) is 43.9 Å². The van der Waals surface area contributed by atoms with Crippen LogP contribution in [0.4, 0.5) is 0 Å². The summed E-state index contributed by atoms with van der Waals surface area (Å²) in [5.41, 5.74) is 12.8. The zero-order valence-corrected chi connectivity index (χ0v) is 40.2. The number of imidazole rings is 1. The number of pyridine rings is 1. The van der Waals surface area contributed by atoms with Gasteiger partial charge in [0, 0.05) is 36.6 Å². The van der Waals surface area contributed by atoms with Gasteiger partial charge in [-0.2, -0.15) is 0 Å². The van der Waals surface area contributed by atoms with Gasteiger partial charge in [0.15, 0.2) is 0 Å². The van der Waals surface area contributed by atoms with Gasteiger partial charge in [0.25, 0.3) is 0 Å². The Hall–Kier alpha value is -5.59. The molecule has 4 nitrogen and oxygen atoms in total. The van der Waals surface area contributed by atoms with Crippen molar-refractivity contribution >= 4 is 61.4 Å². The summed E-state index contributed by atoms with van der Waals surface area (Å²) in [5.74, 6) is 8.64. The van der Waals surface area contributed by atoms with Crippen molar-refractivity contribution < 1.29 is 24.5 Å². The smallest absolute Gasteiger partial charge is 0 e. The maximum Gasteiger partial charge on any atom is 0 e. The summed E-state index contributed by atoms with van der Waals surface area (Å²) in [7, 11) is 0. The summed E-state index contributed by atoms with van der Waals surface area (Å²) >= 11 is -1.72. The van der Waals surface area contributed by atoms with Crippen molar-refractivity contribution in [2.24, 2.45) is 0 Å². The van der Waals surface area contributed by atoms with Gasteiger partial charge >= 0.3 is 99.8 Å². The Morgan fingerprint density at radius 2 is 1.36 bits per heavy atom. The van der Waals surface area contributed by atoms with Gasteiger partial charge in [0.2, 0.25) is 0 Å². The molecule has 0 unspecified atom stereocenters. The van der Waals surface area contributed by atoms with E-state index in [2.05, 4.69) is 188 Å². The van der Waals surface area contributed by atoms with Gasteiger partial charge < -0.3 is 8.98 Å². The van der Waals surface area contributed by atoms with Crippen molar-refractivity contribution in [1.29, 1.82) is 0 Å². The van der Waals surface area contributed by atoms with Crippen LogP contribution < -0.4 is 4.40 Å². The molecule has 1 radical (unpaired) electrons. The second-order valence-corrected chi connectivity index (χ2v) is 27.9. The summed E-state index contributed by atoms with van der Waals surface area (Å²) in [4.78, 5) is 9.90. The zero-order chi connectivity index (χ0) is 41.5. The molecule has 0 fully saturated rings. The molecule has 0 spiro atoms. The van der Waals surface area contributed by atoms with E-state index in [1.807, 2.05) is 36.5 Å². The normalized spacial score (nSPS) is 11.7. The zero-order valence-electron chi connectivity index (χ0n) is 35.7. The molecule has 0 bridgehead atoms. The second-order valence-electron chi connectivity index (χ2n) is 17.3. The molecule has 0 saturated carbocycles. The molecule has 0 atom stereocenters. The van der Waals surface area contributed by atoms with Crippen LogP contribution in [-0.2, 0) is 20.1 Å². The van der Waals surface area contributed by atoms with E-state index < -0.39 is 13.3 Å². The Labute approximate surface area is 375 Å². The molecule has 3 aromatic heterocycles. The van der Waals surface area contributed by atoms with Crippen molar-refractivity contribution in [2.45, 2.75) is 56.8 Å². The largest absolute Gasteiger partial charge is 0 e.